The van der Waals surface area contributed by atoms with Gasteiger partial charge in [-0.1, -0.05) is 17.7 Å². The van der Waals surface area contributed by atoms with Gasteiger partial charge in [0.2, 0.25) is 0 Å². The van der Waals surface area contributed by atoms with Crippen LogP contribution >= 0.6 is 0 Å². The lowest BCUT2D eigenvalue weighted by molar-refractivity contribution is 0.238. The second-order valence-electron chi connectivity index (χ2n) is 10.0. The van der Waals surface area contributed by atoms with Gasteiger partial charge in [-0.15, -0.1) is 0 Å². The molecule has 0 spiro atoms. The molecule has 4 rings (SSSR count). The zero-order valence-electron chi connectivity index (χ0n) is 23.3. The molecule has 202 valence electrons. The number of nitrogens with zero attached hydrogens (tertiary/aromatic N) is 3. The van der Waals surface area contributed by atoms with Crippen molar-refractivity contribution in [1.29, 1.82) is 0 Å². The number of benzene rings is 2. The van der Waals surface area contributed by atoms with Crippen molar-refractivity contribution in [1.82, 2.24) is 19.8 Å². The maximum Gasteiger partial charge on any atom is 0.330 e. The van der Waals surface area contributed by atoms with E-state index in [1.54, 1.807) is 23.4 Å². The van der Waals surface area contributed by atoms with Crippen LogP contribution in [-0.2, 0) is 19.5 Å². The average Bonchev–Trinajstić information content (AvgIpc) is 2.86. The fourth-order valence-corrected chi connectivity index (χ4v) is 5.02. The van der Waals surface area contributed by atoms with Gasteiger partial charge >= 0.3 is 11.7 Å². The van der Waals surface area contributed by atoms with Crippen LogP contribution < -0.4 is 31.3 Å². The van der Waals surface area contributed by atoms with Crippen molar-refractivity contribution in [3.05, 3.63) is 68.6 Å². The molecule has 1 aromatic heterocycles. The van der Waals surface area contributed by atoms with Crippen molar-refractivity contribution in [3.63, 3.8) is 0 Å². The molecule has 0 unspecified atom stereocenters. The van der Waals surface area contributed by atoms with E-state index in [1.807, 2.05) is 45.9 Å². The van der Waals surface area contributed by atoms with Crippen LogP contribution in [0.3, 0.4) is 0 Å². The number of fused-ring (bicyclic) bond motifs is 3. The first-order valence-electron chi connectivity index (χ1n) is 12.9. The molecule has 0 saturated heterocycles. The van der Waals surface area contributed by atoms with Crippen molar-refractivity contribution in [2.24, 2.45) is 4.99 Å². The Morgan fingerprint density at radius 3 is 2.32 bits per heavy atom. The number of aromatic nitrogens is 2. The maximum atomic E-state index is 13.9. The van der Waals surface area contributed by atoms with Crippen LogP contribution in [0.25, 0.3) is 11.3 Å². The van der Waals surface area contributed by atoms with E-state index < -0.39 is 0 Å². The lowest BCUT2D eigenvalue weighted by Gasteiger charge is -2.24. The fourth-order valence-electron chi connectivity index (χ4n) is 5.02. The number of aryl methyl sites for hydroxylation is 4. The lowest BCUT2D eigenvalue weighted by Crippen LogP contribution is -2.46. The molecule has 0 fully saturated rings. The van der Waals surface area contributed by atoms with Gasteiger partial charge in [-0.3, -0.25) is 9.13 Å². The lowest BCUT2D eigenvalue weighted by atomic mass is 9.97. The monoisotopic (exact) mass is 519 g/mol. The molecule has 2 amide bonds. The number of nitrogens with one attached hydrogen (secondary N) is 2. The van der Waals surface area contributed by atoms with E-state index in [9.17, 15) is 9.59 Å². The van der Waals surface area contributed by atoms with Gasteiger partial charge in [0.05, 0.1) is 25.6 Å². The summed E-state index contributed by atoms with van der Waals surface area (Å²) in [5, 5.41) is 5.65. The van der Waals surface area contributed by atoms with Crippen LogP contribution in [0.5, 0.6) is 11.5 Å². The van der Waals surface area contributed by atoms with Crippen LogP contribution in [0, 0.1) is 20.8 Å². The van der Waals surface area contributed by atoms with Gasteiger partial charge < -0.3 is 20.1 Å². The zero-order chi connectivity index (χ0) is 27.6. The third-order valence-corrected chi connectivity index (χ3v) is 6.69. The minimum absolute atomic E-state index is 0.0192. The number of hydrogen-bond acceptors (Lipinski definition) is 5. The number of methoxy groups -OCH3 is 2. The molecule has 1 aliphatic rings. The second-order valence-corrected chi connectivity index (χ2v) is 10.0. The summed E-state index contributed by atoms with van der Waals surface area (Å²) in [6.45, 7) is 11.0. The summed E-state index contributed by atoms with van der Waals surface area (Å²) in [5.41, 5.74) is 7.21. The minimum atomic E-state index is -0.266. The van der Waals surface area contributed by atoms with Gasteiger partial charge in [-0.25, -0.2) is 14.6 Å². The molecule has 2 N–H and O–H groups in total. The van der Waals surface area contributed by atoms with E-state index in [4.69, 9.17) is 14.5 Å². The first-order chi connectivity index (χ1) is 18.1. The third-order valence-electron chi connectivity index (χ3n) is 6.69. The molecule has 3 aromatic rings. The molecule has 0 bridgehead atoms. The Labute approximate surface area is 223 Å². The topological polar surface area (TPSA) is 98.9 Å². The number of urea groups is 1. The summed E-state index contributed by atoms with van der Waals surface area (Å²) < 4.78 is 14.5. The Bertz CT molecular complexity index is 1480. The van der Waals surface area contributed by atoms with Crippen molar-refractivity contribution in [2.75, 3.05) is 20.8 Å². The summed E-state index contributed by atoms with van der Waals surface area (Å²) >= 11 is 0. The highest BCUT2D eigenvalue weighted by Crippen LogP contribution is 2.37. The molecule has 2 aromatic carbocycles. The SMILES string of the molecule is COc1cc2c(cc1OC)-c1c/c(=N\c3c(C)cc(C)cc3C)n(CCNC(=O)NC(C)C)c(=O)n1CC2. The molecule has 0 radical (unpaired) electrons. The van der Waals surface area contributed by atoms with Gasteiger partial charge in [-0.05, 0) is 69.9 Å². The van der Waals surface area contributed by atoms with Gasteiger partial charge in [0.25, 0.3) is 0 Å². The van der Waals surface area contributed by atoms with E-state index in [1.165, 1.54) is 0 Å². The molecule has 0 aliphatic carbocycles. The number of ether oxygens (including phenoxy) is 2. The van der Waals surface area contributed by atoms with E-state index in [2.05, 4.69) is 29.7 Å². The second kappa shape index (κ2) is 11.2. The third kappa shape index (κ3) is 5.46. The van der Waals surface area contributed by atoms with Crippen LogP contribution in [0.2, 0.25) is 0 Å². The average molecular weight is 520 g/mol. The summed E-state index contributed by atoms with van der Waals surface area (Å²) in [6, 6.07) is 9.79. The highest BCUT2D eigenvalue weighted by Gasteiger charge is 2.22. The molecule has 9 nitrogen and oxygen atoms in total. The van der Waals surface area contributed by atoms with E-state index in [0.29, 0.717) is 30.0 Å². The highest BCUT2D eigenvalue weighted by atomic mass is 16.5. The zero-order valence-corrected chi connectivity index (χ0v) is 23.3. The number of carbonyl (C=O) groups is 1. The van der Waals surface area contributed by atoms with Gasteiger partial charge in [-0.2, -0.15) is 0 Å². The van der Waals surface area contributed by atoms with Gasteiger partial charge in [0.1, 0.15) is 5.49 Å². The van der Waals surface area contributed by atoms with Crippen LogP contribution in [0.15, 0.2) is 40.1 Å². The first-order valence-corrected chi connectivity index (χ1v) is 12.9. The Kier molecular flexibility index (Phi) is 7.94. The van der Waals surface area contributed by atoms with Gasteiger partial charge in [0.15, 0.2) is 11.5 Å². The molecule has 38 heavy (non-hydrogen) atoms. The highest BCUT2D eigenvalue weighted by molar-refractivity contribution is 5.74. The summed E-state index contributed by atoms with van der Waals surface area (Å²) in [7, 11) is 3.22. The summed E-state index contributed by atoms with van der Waals surface area (Å²) in [6.07, 6.45) is 0.685. The quantitative estimate of drug-likeness (QED) is 0.497. The Morgan fingerprint density at radius 1 is 1.03 bits per heavy atom. The standard InChI is InChI=1S/C29H37N5O4/c1-17(2)31-28(35)30-9-11-34-26(32-27-19(4)12-18(3)13-20(27)5)16-23-22-15-25(38-7)24(37-6)14-21(22)8-10-33(23)29(34)36/h12-17H,8-11H2,1-7H3,(H2,30,31,35)/b32-26+. The fraction of sp³-hybridized carbons (Fsp3) is 0.414. The summed E-state index contributed by atoms with van der Waals surface area (Å²) in [4.78, 5) is 31.0. The van der Waals surface area contributed by atoms with E-state index in [-0.39, 0.29) is 30.9 Å². The van der Waals surface area contributed by atoms with Crippen LogP contribution in [0.1, 0.15) is 36.1 Å². The number of amides is 2. The maximum absolute atomic E-state index is 13.9. The summed E-state index contributed by atoms with van der Waals surface area (Å²) in [5.74, 6) is 1.27. The first kappa shape index (κ1) is 27.0. The van der Waals surface area contributed by atoms with E-state index in [0.717, 1.165) is 39.2 Å². The predicted octanol–water partition coefficient (Wildman–Crippen LogP) is 3.76. The Morgan fingerprint density at radius 2 is 1.68 bits per heavy atom. The van der Waals surface area contributed by atoms with Crippen LogP contribution in [0.4, 0.5) is 10.5 Å². The Hall–Kier alpha value is -4.01. The van der Waals surface area contributed by atoms with Crippen molar-refractivity contribution in [3.8, 4) is 22.8 Å². The number of carbonyl (C=O) groups excluding carboxylic acids is 1. The normalized spacial score (nSPS) is 12.7. The van der Waals surface area contributed by atoms with Crippen molar-refractivity contribution >= 4 is 11.7 Å². The van der Waals surface area contributed by atoms with Gasteiger partial charge in [0, 0.05) is 37.3 Å². The smallest absolute Gasteiger partial charge is 0.330 e. The molecule has 0 saturated carbocycles. The van der Waals surface area contributed by atoms with Crippen LogP contribution in [-0.4, -0.2) is 42.0 Å². The minimum Gasteiger partial charge on any atom is -0.493 e. The Balaban J connectivity index is 1.89. The van der Waals surface area contributed by atoms with Crippen molar-refractivity contribution in [2.45, 2.75) is 60.2 Å². The largest absolute Gasteiger partial charge is 0.493 e. The molecule has 1 aliphatic heterocycles. The molecule has 2 heterocycles. The molecule has 0 atom stereocenters. The number of hydrogen-bond donors (Lipinski definition) is 2. The van der Waals surface area contributed by atoms with Crippen molar-refractivity contribution < 1.29 is 14.3 Å². The molecular weight excluding hydrogens is 482 g/mol. The molecule has 9 heteroatoms. The predicted molar refractivity (Wildman–Crippen MR) is 148 cm³/mol. The van der Waals surface area contributed by atoms with E-state index >= 15 is 0 Å². The molecular formula is C29H37N5O4. The number of rotatable bonds is 7.